The number of hydrogen-bond acceptors (Lipinski definition) is 5. The van der Waals surface area contributed by atoms with Gasteiger partial charge in [-0.3, -0.25) is 4.79 Å². The van der Waals surface area contributed by atoms with Gasteiger partial charge in [-0.05, 0) is 48.9 Å². The molecule has 1 aliphatic carbocycles. The minimum absolute atomic E-state index is 0.0180. The first-order valence-electron chi connectivity index (χ1n) is 10.4. The van der Waals surface area contributed by atoms with Crippen molar-refractivity contribution in [1.29, 1.82) is 5.26 Å². The lowest BCUT2D eigenvalue weighted by Gasteiger charge is -2.15. The summed E-state index contributed by atoms with van der Waals surface area (Å²) in [7, 11) is 5.36. The molecule has 30 heavy (non-hydrogen) atoms. The van der Waals surface area contributed by atoms with Crippen LogP contribution < -0.4 is 19.7 Å². The largest absolute Gasteiger partial charge is 0.493 e. The molecule has 0 fully saturated rings. The van der Waals surface area contributed by atoms with Gasteiger partial charge in [-0.25, -0.2) is 0 Å². The normalized spacial score (nSPS) is 13.8. The number of aryl methyl sites for hydroxylation is 1. The molecule has 0 radical (unpaired) electrons. The van der Waals surface area contributed by atoms with Gasteiger partial charge in [-0.15, -0.1) is 11.3 Å². The summed E-state index contributed by atoms with van der Waals surface area (Å²) in [6.07, 6.45) is 5.59. The van der Waals surface area contributed by atoms with Crippen LogP contribution in [0.4, 0.5) is 5.00 Å². The molecule has 0 bridgehead atoms. The van der Waals surface area contributed by atoms with Crippen molar-refractivity contribution < 1.29 is 19.2 Å². The number of quaternary nitrogens is 1. The molecule has 2 N–H and O–H groups in total. The third-order valence-electron chi connectivity index (χ3n) is 5.60. The van der Waals surface area contributed by atoms with Crippen molar-refractivity contribution >= 4 is 22.2 Å². The van der Waals surface area contributed by atoms with Crippen LogP contribution in [0, 0.1) is 11.3 Å². The number of methoxy groups -OCH3 is 2. The molecule has 1 aromatic carbocycles. The van der Waals surface area contributed by atoms with Crippen LogP contribution in [0.3, 0.4) is 0 Å². The number of carbonyl (C=O) groups is 1. The van der Waals surface area contributed by atoms with Crippen LogP contribution in [0.2, 0.25) is 0 Å². The molecule has 1 atom stereocenters. The number of anilines is 1. The highest BCUT2D eigenvalue weighted by atomic mass is 32.1. The Hall–Kier alpha value is -2.56. The van der Waals surface area contributed by atoms with Gasteiger partial charge in [0.25, 0.3) is 0 Å². The number of ether oxygens (including phenoxy) is 2. The number of nitrogens with zero attached hydrogens (tertiary/aromatic N) is 1. The summed E-state index contributed by atoms with van der Waals surface area (Å²) in [6.45, 7) is 1.66. The van der Waals surface area contributed by atoms with E-state index in [1.54, 1.807) is 25.6 Å². The van der Waals surface area contributed by atoms with Gasteiger partial charge in [0.1, 0.15) is 11.1 Å². The van der Waals surface area contributed by atoms with E-state index in [1.165, 1.54) is 21.8 Å². The zero-order valence-corrected chi connectivity index (χ0v) is 18.8. The standard InChI is InChI=1S/C23H29N3O3S/c1-26(12-10-16-8-9-19(28-2)20(14-16)29-3)13-11-22(27)25-23-18(15-24)17-6-4-5-7-21(17)30-23/h8-9,14H,4-7,10-13H2,1-3H3,(H,25,27)/p+1. The Balaban J connectivity index is 1.48. The first-order chi connectivity index (χ1) is 14.5. The Bertz CT molecular complexity index is 933. The summed E-state index contributed by atoms with van der Waals surface area (Å²) >= 11 is 1.58. The topological polar surface area (TPSA) is 75.8 Å². The van der Waals surface area contributed by atoms with Crippen LogP contribution in [0.25, 0.3) is 0 Å². The highest BCUT2D eigenvalue weighted by Crippen LogP contribution is 2.37. The highest BCUT2D eigenvalue weighted by molar-refractivity contribution is 7.16. The minimum atomic E-state index is -0.0180. The molecule has 160 valence electrons. The average Bonchev–Trinajstić information content (AvgIpc) is 3.12. The van der Waals surface area contributed by atoms with E-state index in [-0.39, 0.29) is 5.91 Å². The molecule has 1 aromatic heterocycles. The molecule has 1 unspecified atom stereocenters. The van der Waals surface area contributed by atoms with Crippen molar-refractivity contribution in [2.75, 3.05) is 39.7 Å². The molecule has 0 saturated heterocycles. The number of fused-ring (bicyclic) bond motifs is 1. The van der Waals surface area contributed by atoms with E-state index >= 15 is 0 Å². The number of benzene rings is 1. The van der Waals surface area contributed by atoms with Crippen LogP contribution >= 0.6 is 11.3 Å². The fourth-order valence-electron chi connectivity index (χ4n) is 3.81. The molecule has 3 rings (SSSR count). The quantitative estimate of drug-likeness (QED) is 0.644. The first-order valence-corrected chi connectivity index (χ1v) is 11.2. The average molecular weight is 429 g/mol. The van der Waals surface area contributed by atoms with E-state index in [0.29, 0.717) is 12.0 Å². The zero-order chi connectivity index (χ0) is 21.5. The third-order valence-corrected chi connectivity index (χ3v) is 6.81. The number of nitriles is 1. The van der Waals surface area contributed by atoms with Gasteiger partial charge >= 0.3 is 0 Å². The Kier molecular flexibility index (Phi) is 7.72. The molecule has 6 nitrogen and oxygen atoms in total. The highest BCUT2D eigenvalue weighted by Gasteiger charge is 2.22. The number of thiophene rings is 1. The smallest absolute Gasteiger partial charge is 0.230 e. The summed E-state index contributed by atoms with van der Waals surface area (Å²) in [5.74, 6) is 1.44. The van der Waals surface area contributed by atoms with Crippen LogP contribution in [0.15, 0.2) is 18.2 Å². The van der Waals surface area contributed by atoms with Crippen molar-refractivity contribution in [2.24, 2.45) is 0 Å². The van der Waals surface area contributed by atoms with Crippen molar-refractivity contribution in [3.8, 4) is 17.6 Å². The number of rotatable bonds is 9. The summed E-state index contributed by atoms with van der Waals surface area (Å²) in [5, 5.41) is 13.2. The summed E-state index contributed by atoms with van der Waals surface area (Å²) in [6, 6.07) is 8.27. The lowest BCUT2D eigenvalue weighted by molar-refractivity contribution is -0.878. The van der Waals surface area contributed by atoms with Gasteiger partial charge in [0, 0.05) is 11.3 Å². The van der Waals surface area contributed by atoms with Crippen molar-refractivity contribution in [1.82, 2.24) is 0 Å². The third kappa shape index (κ3) is 5.32. The lowest BCUT2D eigenvalue weighted by Crippen LogP contribution is -3.09. The second-order valence-corrected chi connectivity index (χ2v) is 8.83. The Morgan fingerprint density at radius 1 is 1.20 bits per heavy atom. The van der Waals surface area contributed by atoms with E-state index < -0.39 is 0 Å². The molecule has 0 saturated carbocycles. The second kappa shape index (κ2) is 10.5. The number of likely N-dealkylation sites (N-methyl/N-ethyl adjacent to an activating group) is 1. The van der Waals surface area contributed by atoms with Gasteiger partial charge in [-0.2, -0.15) is 5.26 Å². The van der Waals surface area contributed by atoms with Crippen molar-refractivity contribution in [2.45, 2.75) is 38.5 Å². The predicted molar refractivity (Wildman–Crippen MR) is 119 cm³/mol. The lowest BCUT2D eigenvalue weighted by atomic mass is 9.96. The van der Waals surface area contributed by atoms with E-state index in [0.717, 1.165) is 60.8 Å². The maximum Gasteiger partial charge on any atom is 0.230 e. The molecule has 0 spiro atoms. The maximum absolute atomic E-state index is 12.5. The Morgan fingerprint density at radius 2 is 1.97 bits per heavy atom. The van der Waals surface area contributed by atoms with Crippen LogP contribution in [0.5, 0.6) is 11.5 Å². The van der Waals surface area contributed by atoms with Gasteiger partial charge in [0.2, 0.25) is 5.91 Å². The second-order valence-electron chi connectivity index (χ2n) is 7.72. The van der Waals surface area contributed by atoms with Gasteiger partial charge in [0.15, 0.2) is 11.5 Å². The van der Waals surface area contributed by atoms with E-state index in [2.05, 4.69) is 18.4 Å². The first kappa shape index (κ1) is 22.1. The summed E-state index contributed by atoms with van der Waals surface area (Å²) in [5.41, 5.74) is 3.01. The van der Waals surface area contributed by atoms with E-state index in [9.17, 15) is 10.1 Å². The summed E-state index contributed by atoms with van der Waals surface area (Å²) < 4.78 is 10.6. The van der Waals surface area contributed by atoms with Gasteiger partial charge in [0.05, 0.1) is 46.3 Å². The van der Waals surface area contributed by atoms with Gasteiger partial charge < -0.3 is 19.7 Å². The molecule has 0 aliphatic heterocycles. The molecular formula is C23H30N3O3S+. The van der Waals surface area contributed by atoms with E-state index in [1.807, 2.05) is 18.2 Å². The maximum atomic E-state index is 12.5. The molecule has 1 heterocycles. The minimum Gasteiger partial charge on any atom is -0.493 e. The molecule has 1 amide bonds. The molecule has 7 heteroatoms. The Morgan fingerprint density at radius 3 is 2.70 bits per heavy atom. The van der Waals surface area contributed by atoms with Crippen LogP contribution in [0.1, 0.15) is 40.8 Å². The van der Waals surface area contributed by atoms with Crippen molar-refractivity contribution in [3.63, 3.8) is 0 Å². The van der Waals surface area contributed by atoms with Gasteiger partial charge in [-0.1, -0.05) is 6.07 Å². The SMILES string of the molecule is COc1ccc(CC[NH+](C)CCC(=O)Nc2sc3c(c2C#N)CCCC3)cc1OC. The zero-order valence-electron chi connectivity index (χ0n) is 18.0. The molecular weight excluding hydrogens is 398 g/mol. The molecule has 2 aromatic rings. The Labute approximate surface area is 182 Å². The predicted octanol–water partition coefficient (Wildman–Crippen LogP) is 2.60. The monoisotopic (exact) mass is 428 g/mol. The number of carbonyl (C=O) groups excluding carboxylic acids is 1. The van der Waals surface area contributed by atoms with Crippen molar-refractivity contribution in [3.05, 3.63) is 39.8 Å². The number of amides is 1. The fourth-order valence-corrected chi connectivity index (χ4v) is 5.06. The number of nitrogens with one attached hydrogen (secondary N) is 2. The number of hydrogen-bond donors (Lipinski definition) is 2. The summed E-state index contributed by atoms with van der Waals surface area (Å²) in [4.78, 5) is 15.0. The van der Waals surface area contributed by atoms with Crippen LogP contribution in [-0.2, 0) is 24.1 Å². The van der Waals surface area contributed by atoms with Crippen LogP contribution in [-0.4, -0.2) is 40.3 Å². The molecule has 1 aliphatic rings. The fraction of sp³-hybridized carbons (Fsp3) is 0.478. The van der Waals surface area contributed by atoms with E-state index in [4.69, 9.17) is 9.47 Å².